The Balaban J connectivity index is 1.98. The molecule has 0 saturated carbocycles. The van der Waals surface area contributed by atoms with E-state index in [4.69, 9.17) is 11.2 Å². The van der Waals surface area contributed by atoms with Gasteiger partial charge in [0.15, 0.2) is 6.10 Å². The Morgan fingerprint density at radius 3 is 2.48 bits per heavy atom. The van der Waals surface area contributed by atoms with E-state index < -0.39 is 12.0 Å². The summed E-state index contributed by atoms with van der Waals surface area (Å²) < 4.78 is 5.23. The molecule has 0 fully saturated rings. The maximum Gasteiger partial charge on any atom is 0.257 e. The molecular weight excluding hydrogens is 266 g/mol. The van der Waals surface area contributed by atoms with Gasteiger partial charge in [0.05, 0.1) is 0 Å². The molecule has 21 heavy (non-hydrogen) atoms. The van der Waals surface area contributed by atoms with Crippen LogP contribution in [-0.4, -0.2) is 17.6 Å². The normalized spacial score (nSPS) is 11.2. The zero-order valence-corrected chi connectivity index (χ0v) is 11.3. The summed E-state index contributed by atoms with van der Waals surface area (Å²) in [7, 11) is 0. The maximum absolute atomic E-state index is 12.0. The summed E-state index contributed by atoms with van der Waals surface area (Å²) in [6.45, 7) is 0.193. The molecule has 1 unspecified atom stereocenters. The second-order valence-corrected chi connectivity index (χ2v) is 4.32. The lowest BCUT2D eigenvalue weighted by molar-refractivity contribution is -0.124. The Morgan fingerprint density at radius 1 is 1.19 bits per heavy atom. The summed E-state index contributed by atoms with van der Waals surface area (Å²) in [6.07, 6.45) is 3.90. The van der Waals surface area contributed by atoms with Crippen molar-refractivity contribution >= 4 is 11.6 Å². The van der Waals surface area contributed by atoms with E-state index in [9.17, 15) is 9.90 Å². The standard InChI is InChI=1S/C17H15NO3/c1-2-12-21-15-10-8-14(9-11-15)18-17(20)16(19)13-6-4-3-5-7-13/h1,3-11,16,19H,12H2,(H,18,20). The lowest BCUT2D eigenvalue weighted by Gasteiger charge is -2.12. The van der Waals surface area contributed by atoms with Crippen molar-refractivity contribution in [3.8, 4) is 18.1 Å². The highest BCUT2D eigenvalue weighted by Crippen LogP contribution is 2.18. The van der Waals surface area contributed by atoms with Crippen molar-refractivity contribution < 1.29 is 14.6 Å². The lowest BCUT2D eigenvalue weighted by atomic mass is 10.1. The van der Waals surface area contributed by atoms with Gasteiger partial charge in [-0.3, -0.25) is 4.79 Å². The fourth-order valence-electron chi connectivity index (χ4n) is 1.76. The van der Waals surface area contributed by atoms with E-state index >= 15 is 0 Å². The van der Waals surface area contributed by atoms with Gasteiger partial charge in [-0.1, -0.05) is 36.3 Å². The molecule has 1 atom stereocenters. The van der Waals surface area contributed by atoms with Crippen LogP contribution in [0.15, 0.2) is 54.6 Å². The SMILES string of the molecule is C#CCOc1ccc(NC(=O)C(O)c2ccccc2)cc1. The van der Waals surface area contributed by atoms with Gasteiger partial charge in [0.2, 0.25) is 0 Å². The van der Waals surface area contributed by atoms with Crippen molar-refractivity contribution in [1.82, 2.24) is 0 Å². The number of aliphatic hydroxyl groups is 1. The smallest absolute Gasteiger partial charge is 0.257 e. The molecule has 2 aromatic rings. The van der Waals surface area contributed by atoms with E-state index in [1.807, 2.05) is 6.07 Å². The summed E-state index contributed by atoms with van der Waals surface area (Å²) in [6, 6.07) is 15.5. The van der Waals surface area contributed by atoms with E-state index in [-0.39, 0.29) is 6.61 Å². The first-order valence-electron chi connectivity index (χ1n) is 6.41. The van der Waals surface area contributed by atoms with Gasteiger partial charge < -0.3 is 15.2 Å². The first kappa shape index (κ1) is 14.6. The number of anilines is 1. The molecular formula is C17H15NO3. The van der Waals surface area contributed by atoms with Crippen LogP contribution in [0.25, 0.3) is 0 Å². The zero-order valence-electron chi connectivity index (χ0n) is 11.3. The monoisotopic (exact) mass is 281 g/mol. The van der Waals surface area contributed by atoms with Crippen molar-refractivity contribution in [3.05, 3.63) is 60.2 Å². The summed E-state index contributed by atoms with van der Waals surface area (Å²) in [5.41, 5.74) is 1.12. The molecule has 2 N–H and O–H groups in total. The van der Waals surface area contributed by atoms with Crippen molar-refractivity contribution in [1.29, 1.82) is 0 Å². The van der Waals surface area contributed by atoms with E-state index in [0.29, 0.717) is 17.0 Å². The summed E-state index contributed by atoms with van der Waals surface area (Å²) in [5.74, 6) is 2.50. The van der Waals surface area contributed by atoms with Crippen LogP contribution in [0.4, 0.5) is 5.69 Å². The Hall–Kier alpha value is -2.77. The van der Waals surface area contributed by atoms with E-state index in [0.717, 1.165) is 0 Å². The van der Waals surface area contributed by atoms with Crippen LogP contribution in [0.3, 0.4) is 0 Å². The summed E-state index contributed by atoms with van der Waals surface area (Å²) >= 11 is 0. The topological polar surface area (TPSA) is 58.6 Å². The van der Waals surface area contributed by atoms with Crippen LogP contribution in [0.5, 0.6) is 5.75 Å². The Labute approximate surface area is 123 Å². The Bertz CT molecular complexity index is 629. The third-order valence-corrected chi connectivity index (χ3v) is 2.81. The van der Waals surface area contributed by atoms with Crippen LogP contribution in [0.1, 0.15) is 11.7 Å². The van der Waals surface area contributed by atoms with E-state index in [2.05, 4.69) is 11.2 Å². The molecule has 0 bridgehead atoms. The summed E-state index contributed by atoms with van der Waals surface area (Å²) in [5, 5.41) is 12.6. The second kappa shape index (κ2) is 7.13. The van der Waals surface area contributed by atoms with Crippen LogP contribution < -0.4 is 10.1 Å². The molecule has 0 aliphatic heterocycles. The maximum atomic E-state index is 12.0. The minimum atomic E-state index is -1.21. The van der Waals surface area contributed by atoms with Gasteiger partial charge >= 0.3 is 0 Å². The fourth-order valence-corrected chi connectivity index (χ4v) is 1.76. The number of hydrogen-bond donors (Lipinski definition) is 2. The number of carbonyl (C=O) groups is 1. The predicted octanol–water partition coefficient (Wildman–Crippen LogP) is 2.37. The molecule has 1 amide bonds. The minimum Gasteiger partial charge on any atom is -0.481 e. The third kappa shape index (κ3) is 4.10. The zero-order chi connectivity index (χ0) is 15.1. The van der Waals surface area contributed by atoms with Crippen molar-refractivity contribution in [2.24, 2.45) is 0 Å². The molecule has 4 heteroatoms. The quantitative estimate of drug-likeness (QED) is 0.827. The van der Waals surface area contributed by atoms with Crippen LogP contribution in [0.2, 0.25) is 0 Å². The van der Waals surface area contributed by atoms with Crippen LogP contribution in [-0.2, 0) is 4.79 Å². The number of rotatable bonds is 5. The summed E-state index contributed by atoms with van der Waals surface area (Å²) in [4.78, 5) is 12.0. The number of hydrogen-bond acceptors (Lipinski definition) is 3. The van der Waals surface area contributed by atoms with Gasteiger partial charge in [-0.05, 0) is 29.8 Å². The molecule has 0 heterocycles. The molecule has 2 aromatic carbocycles. The van der Waals surface area contributed by atoms with Crippen LogP contribution in [0, 0.1) is 12.3 Å². The van der Waals surface area contributed by atoms with Crippen molar-refractivity contribution in [2.75, 3.05) is 11.9 Å². The number of carbonyl (C=O) groups excluding carboxylic acids is 1. The molecule has 0 spiro atoms. The number of ether oxygens (including phenoxy) is 1. The van der Waals surface area contributed by atoms with Gasteiger partial charge in [-0.25, -0.2) is 0 Å². The number of terminal acetylenes is 1. The highest BCUT2D eigenvalue weighted by atomic mass is 16.5. The molecule has 106 valence electrons. The number of amides is 1. The van der Waals surface area contributed by atoms with E-state index in [1.54, 1.807) is 48.5 Å². The van der Waals surface area contributed by atoms with Crippen molar-refractivity contribution in [3.63, 3.8) is 0 Å². The molecule has 0 aliphatic carbocycles. The van der Waals surface area contributed by atoms with Gasteiger partial charge in [0.1, 0.15) is 12.4 Å². The average molecular weight is 281 g/mol. The predicted molar refractivity (Wildman–Crippen MR) is 80.8 cm³/mol. The molecule has 0 radical (unpaired) electrons. The largest absolute Gasteiger partial charge is 0.481 e. The first-order chi connectivity index (χ1) is 10.2. The highest BCUT2D eigenvalue weighted by Gasteiger charge is 2.16. The van der Waals surface area contributed by atoms with Gasteiger partial charge in [-0.15, -0.1) is 6.42 Å². The lowest BCUT2D eigenvalue weighted by Crippen LogP contribution is -2.20. The molecule has 2 rings (SSSR count). The molecule has 0 aliphatic rings. The van der Waals surface area contributed by atoms with Crippen molar-refractivity contribution in [2.45, 2.75) is 6.10 Å². The number of benzene rings is 2. The number of nitrogens with one attached hydrogen (secondary N) is 1. The van der Waals surface area contributed by atoms with E-state index in [1.165, 1.54) is 0 Å². The van der Waals surface area contributed by atoms with Crippen LogP contribution >= 0.6 is 0 Å². The third-order valence-electron chi connectivity index (χ3n) is 2.81. The Morgan fingerprint density at radius 2 is 1.86 bits per heavy atom. The number of aliphatic hydroxyl groups excluding tert-OH is 1. The molecule has 0 aromatic heterocycles. The van der Waals surface area contributed by atoms with Gasteiger partial charge in [-0.2, -0.15) is 0 Å². The fraction of sp³-hybridized carbons (Fsp3) is 0.118. The van der Waals surface area contributed by atoms with Gasteiger partial charge in [0.25, 0.3) is 5.91 Å². The second-order valence-electron chi connectivity index (χ2n) is 4.32. The average Bonchev–Trinajstić information content (AvgIpc) is 2.54. The van der Waals surface area contributed by atoms with Gasteiger partial charge in [0, 0.05) is 5.69 Å². The molecule has 0 saturated heterocycles. The highest BCUT2D eigenvalue weighted by molar-refractivity contribution is 5.94. The first-order valence-corrected chi connectivity index (χ1v) is 6.41. The minimum absolute atomic E-state index is 0.193. The Kier molecular flexibility index (Phi) is 4.97. The molecule has 4 nitrogen and oxygen atoms in total.